The van der Waals surface area contributed by atoms with E-state index in [0.29, 0.717) is 0 Å². The fourth-order valence-electron chi connectivity index (χ4n) is 2.50. The number of alkyl halides is 3. The molecule has 0 spiro atoms. The van der Waals surface area contributed by atoms with Crippen molar-refractivity contribution in [3.05, 3.63) is 29.0 Å². The number of carbonyl (C=O) groups is 1. The Labute approximate surface area is 241 Å². The molecule has 1 amide bonds. The monoisotopic (exact) mass is 503 g/mol. The van der Waals surface area contributed by atoms with E-state index >= 15 is 4.79 Å². The number of carbonyl (C=O) groups excluding carboxylic acids is 1. The van der Waals surface area contributed by atoms with Crippen molar-refractivity contribution in [2.45, 2.75) is 76.4 Å². The first-order valence-corrected chi connectivity index (χ1v) is 8.40. The lowest BCUT2D eigenvalue weighted by atomic mass is 9.74. The lowest BCUT2D eigenvalue weighted by molar-refractivity contribution is -0.146. The third-order valence-electron chi connectivity index (χ3n) is 4.04. The summed E-state index contributed by atoms with van der Waals surface area (Å²) in [4.78, 5) is 17.1. The summed E-state index contributed by atoms with van der Waals surface area (Å²) in [6.07, 6.45) is -39.7. The molecule has 0 aromatic carbocycles. The third-order valence-corrected chi connectivity index (χ3v) is 4.04. The van der Waals surface area contributed by atoms with E-state index in [1.165, 1.54) is 0 Å². The molecule has 184 valence electrons. The molecule has 1 saturated heterocycles. The van der Waals surface area contributed by atoms with E-state index in [1.54, 1.807) is 0 Å². The fourth-order valence-corrected chi connectivity index (χ4v) is 2.50. The predicted octanol–water partition coefficient (Wildman–Crippen LogP) is 3.57. The maximum atomic E-state index is 15.7. The Bertz CT molecular complexity index is 2210. The van der Waals surface area contributed by atoms with Gasteiger partial charge in [0, 0.05) is 85.7 Å². The van der Waals surface area contributed by atoms with Gasteiger partial charge in [-0.05, 0) is 43.0 Å². The van der Waals surface area contributed by atoms with Gasteiger partial charge in [0.1, 0.15) is 1.41 Å². The number of amides is 1. The van der Waals surface area contributed by atoms with Gasteiger partial charge in [0.25, 0.3) is 0 Å². The number of fused-ring (bicyclic) bond motifs is 1. The summed E-state index contributed by atoms with van der Waals surface area (Å²) < 4.78 is 342. The molecular weight excluding hydrogens is 435 g/mol. The van der Waals surface area contributed by atoms with Crippen LogP contribution in [0.5, 0.6) is 0 Å². The van der Waals surface area contributed by atoms with Crippen LogP contribution in [0.3, 0.4) is 0 Å². The van der Waals surface area contributed by atoms with Crippen LogP contribution in [-0.2, 0) is 33.3 Å². The van der Waals surface area contributed by atoms with E-state index in [2.05, 4.69) is 14.5 Å². The van der Waals surface area contributed by atoms with Crippen LogP contribution in [0.25, 0.3) is 0 Å². The summed E-state index contributed by atoms with van der Waals surface area (Å²) in [5, 5.41) is -1.81. The van der Waals surface area contributed by atoms with Gasteiger partial charge in [-0.15, -0.1) is 0 Å². The minimum Gasteiger partial charge on any atom is -0.379 e. The molecule has 4 rings (SSSR count). The number of aromatic nitrogens is 1. The number of halogens is 3. The molecule has 3 heterocycles. The van der Waals surface area contributed by atoms with E-state index in [4.69, 9.17) is 42.5 Å². The van der Waals surface area contributed by atoms with Gasteiger partial charge in [-0.2, -0.15) is 13.2 Å². The molecule has 2 fully saturated rings. The highest BCUT2D eigenvalue weighted by molar-refractivity contribution is 5.83. The van der Waals surface area contributed by atoms with E-state index in [9.17, 15) is 17.3 Å². The van der Waals surface area contributed by atoms with Gasteiger partial charge in [-0.3, -0.25) is 9.78 Å². The second-order valence-electron chi connectivity index (χ2n) is 6.11. The van der Waals surface area contributed by atoms with E-state index in [-0.39, 0.29) is 0 Å². The van der Waals surface area contributed by atoms with Crippen LogP contribution >= 0.6 is 0 Å². The van der Waals surface area contributed by atoms with Crippen LogP contribution in [0.1, 0.15) is 101 Å². The van der Waals surface area contributed by atoms with Crippen molar-refractivity contribution < 1.29 is 74.1 Å². The van der Waals surface area contributed by atoms with Crippen molar-refractivity contribution in [3.63, 3.8) is 0 Å². The molecular formula is C24H34F3N3O3. The highest BCUT2D eigenvalue weighted by Gasteiger charge is 2.50. The van der Waals surface area contributed by atoms with Gasteiger partial charge in [0.15, 0.2) is 0 Å². The largest absolute Gasteiger partial charge is 0.417 e. The minimum atomic E-state index is -6.03. The van der Waals surface area contributed by atoms with Gasteiger partial charge < -0.3 is 19.7 Å². The van der Waals surface area contributed by atoms with Gasteiger partial charge in [0.05, 0.1) is 40.1 Å². The summed E-state index contributed by atoms with van der Waals surface area (Å²) in [5.74, 6) is -9.41. The molecule has 4 atom stereocenters. The zero-order valence-corrected chi connectivity index (χ0v) is 15.7. The molecule has 0 radical (unpaired) electrons. The standard InChI is InChI=1S/C24H34F3N3O3/c1-15(2)23(7-4-18(11-23)29-20-6-9-33-14-21(20)32-3)22(31)30-8-5-19-16(13-30)10-17(12-28-19)24(25,26)27/h10,12,15,18,20-21,29H,4-9,11,13-14H2,1-3H3/t18-,20+,21-,23+/m1/s1/i1D3,2D3,3D3,4D2,5D2,6D2,7D2,8D2,9D2,10D,11D2,12D,13D2,14D2,15D,18D,20D,21D/hD. The Hall–Kier alpha value is -1.71. The quantitative estimate of drug-likeness (QED) is 0.666. The number of hydrogen-bond acceptors (Lipinski definition) is 5. The number of ether oxygens (including phenoxy) is 2. The van der Waals surface area contributed by atoms with Crippen molar-refractivity contribution in [2.24, 2.45) is 11.3 Å². The number of pyridine rings is 1. The summed E-state index contributed by atoms with van der Waals surface area (Å²) in [5.41, 5.74) is -12.8. The number of hydrogen-bond donors (Lipinski definition) is 1. The SMILES string of the molecule is [2H]c1nc2c(c([2H])c1C(F)(F)F)C([2H])([2H])N(C(=O)[C@@]1(C([2H])(C([2H])([2H])[2H])C([2H])([2H])[2H])C([2H])([2H])C([2H])([2H])[C@@]([2H])(N([2H])[C@@]3([2H])C([2H])([2H])C([2H])([2H])OC([2H])([2H])[C@@]3([2H])OC([2H])([2H])[2H])C1([2H])[2H])C([2H])([2H])C2([2H])[2H]. The Morgan fingerprint density at radius 2 is 2.42 bits per heavy atom. The first kappa shape index (κ1) is 6.16. The molecule has 0 bridgehead atoms. The number of aryl methyl sites for hydroxylation is 1. The lowest BCUT2D eigenvalue weighted by Crippen LogP contribution is -2.52. The summed E-state index contributed by atoms with van der Waals surface area (Å²) in [7, 11) is -4.37. The molecule has 1 aliphatic carbocycles. The molecule has 9 heteroatoms. The van der Waals surface area contributed by atoms with Crippen molar-refractivity contribution in [2.75, 3.05) is 26.7 Å². The second-order valence-corrected chi connectivity index (χ2v) is 6.11. The van der Waals surface area contributed by atoms with Crippen LogP contribution < -0.4 is 5.31 Å². The van der Waals surface area contributed by atoms with Crippen LogP contribution in [0.15, 0.2) is 12.2 Å². The summed E-state index contributed by atoms with van der Waals surface area (Å²) >= 11 is 0. The zero-order chi connectivity index (χ0) is 53.7. The van der Waals surface area contributed by atoms with Crippen LogP contribution in [0.2, 0.25) is 1.41 Å². The number of nitrogens with zero attached hydrogens (tertiary/aromatic N) is 2. The normalized spacial score (nSPS) is 67.7. The maximum absolute atomic E-state index is 15.7. The molecule has 3 aliphatic rings. The van der Waals surface area contributed by atoms with Crippen molar-refractivity contribution >= 4 is 5.91 Å². The number of rotatable bonds is 5. The van der Waals surface area contributed by atoms with Crippen molar-refractivity contribution in [1.82, 2.24) is 15.2 Å². The molecule has 1 aromatic rings. The highest BCUT2D eigenvalue weighted by atomic mass is 19.4. The Balaban J connectivity index is 2.43. The first-order valence-electron chi connectivity index (χ1n) is 25.4. The lowest BCUT2D eigenvalue weighted by Gasteiger charge is -2.40. The van der Waals surface area contributed by atoms with E-state index in [1.807, 2.05) is 0 Å². The molecule has 1 saturated carbocycles. The highest BCUT2D eigenvalue weighted by Crippen LogP contribution is 2.47. The molecule has 6 nitrogen and oxygen atoms in total. The summed E-state index contributed by atoms with van der Waals surface area (Å²) in [6, 6.07) is -13.5. The number of nitrogens with one attached hydrogen (secondary N) is 1. The molecule has 1 aromatic heterocycles. The predicted molar refractivity (Wildman–Crippen MR) is 116 cm³/mol. The second kappa shape index (κ2) is 9.50. The van der Waals surface area contributed by atoms with Crippen LogP contribution in [0.4, 0.5) is 13.2 Å². The van der Waals surface area contributed by atoms with Gasteiger partial charge in [-0.25, -0.2) is 0 Å². The fraction of sp³-hybridized carbons (Fsp3) is 0.750. The Kier molecular flexibility index (Phi) is 1.77. The first-order chi connectivity index (χ1) is 28.8. The average molecular weight is 504 g/mol. The van der Waals surface area contributed by atoms with Gasteiger partial charge in [-0.1, -0.05) is 13.7 Å². The van der Waals surface area contributed by atoms with Gasteiger partial charge in [0.2, 0.25) is 5.91 Å². The van der Waals surface area contributed by atoms with Gasteiger partial charge >= 0.3 is 6.18 Å². The van der Waals surface area contributed by atoms with E-state index in [0.717, 1.165) is 0 Å². The molecule has 2 aliphatic heterocycles. The number of methoxy groups -OCH3 is 1. The maximum Gasteiger partial charge on any atom is 0.417 e. The molecule has 0 unspecified atom stereocenters. The Morgan fingerprint density at radius 1 is 1.58 bits per heavy atom. The molecule has 33 heavy (non-hydrogen) atoms. The third kappa shape index (κ3) is 4.91. The topological polar surface area (TPSA) is 63.7 Å². The average Bonchev–Trinajstić information content (AvgIpc) is 3.12. The van der Waals surface area contributed by atoms with Crippen molar-refractivity contribution in [3.8, 4) is 0 Å². The summed E-state index contributed by atoms with van der Waals surface area (Å²) in [6.45, 7) is -29.6. The zero-order valence-electron chi connectivity index (χ0n) is 49.7. The molecule has 1 N–H and O–H groups in total. The Morgan fingerprint density at radius 3 is 3.18 bits per heavy atom. The van der Waals surface area contributed by atoms with Crippen LogP contribution in [-0.4, -0.2) is 60.6 Å². The van der Waals surface area contributed by atoms with Crippen LogP contribution in [0, 0.1) is 11.3 Å². The van der Waals surface area contributed by atoms with E-state index < -0.39 is 159 Å². The minimum absolute atomic E-state index is 1.58. The smallest absolute Gasteiger partial charge is 0.379 e. The van der Waals surface area contributed by atoms with Crippen molar-refractivity contribution in [1.29, 1.82) is 0 Å².